The van der Waals surface area contributed by atoms with Gasteiger partial charge in [-0.3, -0.25) is 23.4 Å². The van der Waals surface area contributed by atoms with Gasteiger partial charge in [0.2, 0.25) is 0 Å². The molecule has 3 atom stereocenters. The van der Waals surface area contributed by atoms with Gasteiger partial charge in [-0.15, -0.1) is 0 Å². The van der Waals surface area contributed by atoms with E-state index in [-0.39, 0.29) is 25.9 Å². The lowest BCUT2D eigenvalue weighted by atomic mass is 10.1. The summed E-state index contributed by atoms with van der Waals surface area (Å²) in [6.07, 6.45) is 79.8. The Morgan fingerprint density at radius 1 is 0.354 bits per heavy atom. The molecule has 3 unspecified atom stereocenters. The summed E-state index contributed by atoms with van der Waals surface area (Å²) in [7, 11) is -4.79. The highest BCUT2D eigenvalue weighted by molar-refractivity contribution is 7.47. The third-order valence-electron chi connectivity index (χ3n) is 13.0. The van der Waals surface area contributed by atoms with Crippen molar-refractivity contribution in [2.24, 2.45) is 0 Å². The molecular weight excluding hydrogens is 1050 g/mol. The van der Waals surface area contributed by atoms with Crippen molar-refractivity contribution in [2.45, 2.75) is 264 Å². The van der Waals surface area contributed by atoms with Crippen LogP contribution in [0.25, 0.3) is 0 Å². The lowest BCUT2D eigenvalue weighted by molar-refractivity contribution is -0.161. The Bertz CT molecular complexity index is 1890. The van der Waals surface area contributed by atoms with E-state index in [0.717, 1.165) is 103 Å². The van der Waals surface area contributed by atoms with Gasteiger partial charge in [-0.05, 0) is 128 Å². The Morgan fingerprint density at radius 3 is 1.05 bits per heavy atom. The van der Waals surface area contributed by atoms with Gasteiger partial charge in [-0.2, -0.15) is 0 Å². The first-order chi connectivity index (χ1) is 40.2. The summed E-state index contributed by atoms with van der Waals surface area (Å²) in [6, 6.07) is 0. The van der Waals surface area contributed by atoms with Crippen molar-refractivity contribution in [3.8, 4) is 0 Å². The van der Waals surface area contributed by atoms with E-state index in [1.807, 2.05) is 12.2 Å². The van der Waals surface area contributed by atoms with Gasteiger partial charge in [0, 0.05) is 19.3 Å². The second-order valence-electron chi connectivity index (χ2n) is 20.8. The van der Waals surface area contributed by atoms with Gasteiger partial charge in [-0.1, -0.05) is 238 Å². The molecule has 0 aliphatic heterocycles. The van der Waals surface area contributed by atoms with E-state index in [0.29, 0.717) is 25.7 Å². The zero-order chi connectivity index (χ0) is 59.8. The first kappa shape index (κ1) is 77.6. The van der Waals surface area contributed by atoms with Gasteiger partial charge in [0.15, 0.2) is 6.10 Å². The van der Waals surface area contributed by atoms with Crippen molar-refractivity contribution in [3.63, 3.8) is 0 Å². The van der Waals surface area contributed by atoms with Crippen LogP contribution in [0.3, 0.4) is 0 Å². The molecule has 12 heteroatoms. The van der Waals surface area contributed by atoms with E-state index in [1.54, 1.807) is 0 Å². The standard InChI is InChI=1S/C70H115O11P/c1-4-7-10-13-16-19-22-25-28-31-33-36-38-41-44-47-50-53-56-59-68(72)77-63-67(81-70(74)61-58-55-52-49-46-43-40-37-34-32-29-26-23-20-17-14-11-8-5-2)65-79-82(75,76)78-64-66(62-71)80-69(73)60-57-54-51-48-45-42-39-35-30-27-24-21-18-15-12-9-6-3/h8-9,11-12,17-18,20-21,25-30,34,37,39,42-43,46,48,51,66-67,71H,4-7,10,13-16,19,22-24,31-33,35-36,38,40-41,44-45,47,49-50,52-65H2,1-3H3,(H,75,76)/b11-8-,12-9-,20-17-,21-18-,28-25-,29-26-,30-27-,37-34-,42-39-,46-43-,51-48-. The van der Waals surface area contributed by atoms with E-state index < -0.39 is 57.8 Å². The predicted molar refractivity (Wildman–Crippen MR) is 343 cm³/mol. The number of aliphatic hydroxyl groups excluding tert-OH is 1. The molecular formula is C70H115O11P. The topological polar surface area (TPSA) is 155 Å². The van der Waals surface area contributed by atoms with Crippen LogP contribution in [0.1, 0.15) is 252 Å². The van der Waals surface area contributed by atoms with Crippen molar-refractivity contribution in [3.05, 3.63) is 134 Å². The number of hydrogen-bond donors (Lipinski definition) is 2. The van der Waals surface area contributed by atoms with Gasteiger partial charge in [-0.25, -0.2) is 4.57 Å². The minimum atomic E-state index is -4.79. The average Bonchev–Trinajstić information content (AvgIpc) is 3.50. The van der Waals surface area contributed by atoms with E-state index >= 15 is 0 Å². The van der Waals surface area contributed by atoms with Crippen molar-refractivity contribution >= 4 is 25.7 Å². The lowest BCUT2D eigenvalue weighted by Gasteiger charge is -2.21. The molecule has 0 bridgehead atoms. The minimum Gasteiger partial charge on any atom is -0.462 e. The average molecular weight is 1160 g/mol. The molecule has 2 N–H and O–H groups in total. The first-order valence-electron chi connectivity index (χ1n) is 32.1. The summed E-state index contributed by atoms with van der Waals surface area (Å²) in [5, 5.41) is 9.84. The third-order valence-corrected chi connectivity index (χ3v) is 14.0. The van der Waals surface area contributed by atoms with E-state index in [9.17, 15) is 28.9 Å². The maximum Gasteiger partial charge on any atom is 0.472 e. The maximum absolute atomic E-state index is 13.0. The fourth-order valence-corrected chi connectivity index (χ4v) is 9.02. The smallest absolute Gasteiger partial charge is 0.462 e. The van der Waals surface area contributed by atoms with Crippen LogP contribution in [-0.4, -0.2) is 66.5 Å². The van der Waals surface area contributed by atoms with E-state index in [2.05, 4.69) is 142 Å². The number of carbonyl (C=O) groups is 3. The summed E-state index contributed by atoms with van der Waals surface area (Å²) in [4.78, 5) is 48.7. The fraction of sp³-hybridized carbons (Fsp3) is 0.643. The number of phosphoric ester groups is 1. The van der Waals surface area contributed by atoms with Crippen molar-refractivity contribution in [1.29, 1.82) is 0 Å². The van der Waals surface area contributed by atoms with Gasteiger partial charge in [0.05, 0.1) is 19.8 Å². The van der Waals surface area contributed by atoms with E-state index in [4.69, 9.17) is 23.3 Å². The lowest BCUT2D eigenvalue weighted by Crippen LogP contribution is -2.30. The van der Waals surface area contributed by atoms with Crippen molar-refractivity contribution in [2.75, 3.05) is 26.4 Å². The molecule has 0 aromatic heterocycles. The number of ether oxygens (including phenoxy) is 3. The Hall–Kier alpha value is -4.38. The monoisotopic (exact) mass is 1160 g/mol. The molecule has 0 amide bonds. The molecule has 0 fully saturated rings. The van der Waals surface area contributed by atoms with Gasteiger partial charge >= 0.3 is 25.7 Å². The molecule has 0 radical (unpaired) electrons. The molecule has 0 spiro atoms. The van der Waals surface area contributed by atoms with Crippen LogP contribution in [0.2, 0.25) is 0 Å². The number of rotatable bonds is 58. The van der Waals surface area contributed by atoms with Crippen molar-refractivity contribution < 1.29 is 52.2 Å². The van der Waals surface area contributed by atoms with Crippen LogP contribution < -0.4 is 0 Å². The number of allylic oxidation sites excluding steroid dienone is 22. The molecule has 82 heavy (non-hydrogen) atoms. The zero-order valence-electron chi connectivity index (χ0n) is 51.7. The summed E-state index contributed by atoms with van der Waals surface area (Å²) in [6.45, 7) is 4.32. The third kappa shape index (κ3) is 60.2. The molecule has 0 heterocycles. The summed E-state index contributed by atoms with van der Waals surface area (Å²) in [5.41, 5.74) is 0. The zero-order valence-corrected chi connectivity index (χ0v) is 52.6. The fourth-order valence-electron chi connectivity index (χ4n) is 8.24. The quantitative estimate of drug-likeness (QED) is 0.0197. The van der Waals surface area contributed by atoms with Crippen LogP contribution in [0.4, 0.5) is 0 Å². The Balaban J connectivity index is 4.83. The highest BCUT2D eigenvalue weighted by atomic mass is 31.2. The molecule has 0 saturated carbocycles. The van der Waals surface area contributed by atoms with Crippen LogP contribution >= 0.6 is 7.82 Å². The number of aliphatic hydroxyl groups is 1. The summed E-state index contributed by atoms with van der Waals surface area (Å²) < 4.78 is 39.6. The molecule has 466 valence electrons. The highest BCUT2D eigenvalue weighted by Crippen LogP contribution is 2.43. The van der Waals surface area contributed by atoms with Crippen LogP contribution in [0.5, 0.6) is 0 Å². The molecule has 0 saturated heterocycles. The summed E-state index contributed by atoms with van der Waals surface area (Å²) in [5.74, 6) is -1.58. The molecule has 0 aliphatic carbocycles. The largest absolute Gasteiger partial charge is 0.472 e. The summed E-state index contributed by atoms with van der Waals surface area (Å²) >= 11 is 0. The second kappa shape index (κ2) is 62.7. The number of unbranched alkanes of at least 4 members (excludes halogenated alkanes) is 19. The molecule has 0 rings (SSSR count). The molecule has 0 aromatic rings. The maximum atomic E-state index is 13.0. The van der Waals surface area contributed by atoms with Crippen LogP contribution in [0, 0.1) is 0 Å². The number of esters is 3. The highest BCUT2D eigenvalue weighted by Gasteiger charge is 2.28. The Morgan fingerprint density at radius 2 is 0.646 bits per heavy atom. The van der Waals surface area contributed by atoms with E-state index in [1.165, 1.54) is 83.5 Å². The van der Waals surface area contributed by atoms with Gasteiger partial charge < -0.3 is 24.2 Å². The molecule has 0 aromatic carbocycles. The van der Waals surface area contributed by atoms with Gasteiger partial charge in [0.1, 0.15) is 12.7 Å². The first-order valence-corrected chi connectivity index (χ1v) is 33.6. The SMILES string of the molecule is CC/C=C\C/C=C\C/C=C\C/C=C\C/C=C\CCCCCC(=O)OC(COC(=O)CCCCCCCCCCC/C=C\CCCCCCCC)COP(=O)(O)OCC(CO)OC(=O)CCC/C=C\C/C=C\C/C=C\C/C=C\C/C=C\CC. The number of phosphoric acid groups is 1. The Labute approximate surface area is 500 Å². The van der Waals surface area contributed by atoms with Crippen molar-refractivity contribution in [1.82, 2.24) is 0 Å². The van der Waals surface area contributed by atoms with Crippen LogP contribution in [-0.2, 0) is 42.2 Å². The molecule has 0 aliphatic rings. The number of carbonyl (C=O) groups excluding carboxylic acids is 3. The minimum absolute atomic E-state index is 0.0895. The molecule has 11 nitrogen and oxygen atoms in total. The Kier molecular flexibility index (Phi) is 59.3. The normalized spacial score (nSPS) is 14.2. The predicted octanol–water partition coefficient (Wildman–Crippen LogP) is 19.7. The van der Waals surface area contributed by atoms with Crippen LogP contribution in [0.15, 0.2) is 134 Å². The second-order valence-corrected chi connectivity index (χ2v) is 22.3. The number of hydrogen-bond acceptors (Lipinski definition) is 10. The van der Waals surface area contributed by atoms with Gasteiger partial charge in [0.25, 0.3) is 0 Å².